The van der Waals surface area contributed by atoms with E-state index >= 15 is 0 Å². The van der Waals surface area contributed by atoms with Crippen molar-refractivity contribution in [2.75, 3.05) is 13.7 Å². The first-order valence-electron chi connectivity index (χ1n) is 8.05. The van der Waals surface area contributed by atoms with E-state index in [-0.39, 0.29) is 5.91 Å². The van der Waals surface area contributed by atoms with Gasteiger partial charge in [0.15, 0.2) is 5.17 Å². The standard InChI is InChI=1S/C19H16Br2N2O3S/c1-3-26-17-11(8-12(20)10-15(17)21)9-16-18(24)23-19(27-16)22-13-4-6-14(25-2)7-5-13/h4-10H,3H2,1-2H3,(H,22,23,24)/b16-9-. The van der Waals surface area contributed by atoms with Gasteiger partial charge >= 0.3 is 0 Å². The number of rotatable bonds is 5. The van der Waals surface area contributed by atoms with Crippen molar-refractivity contribution in [3.63, 3.8) is 0 Å². The van der Waals surface area contributed by atoms with Gasteiger partial charge in [0.25, 0.3) is 5.91 Å². The summed E-state index contributed by atoms with van der Waals surface area (Å²) in [6.45, 7) is 2.45. The van der Waals surface area contributed by atoms with Crippen LogP contribution in [0.3, 0.4) is 0 Å². The molecule has 3 rings (SSSR count). The third kappa shape index (κ3) is 4.94. The number of amides is 1. The van der Waals surface area contributed by atoms with Crippen LogP contribution in [-0.2, 0) is 4.79 Å². The van der Waals surface area contributed by atoms with E-state index in [0.717, 1.165) is 25.9 Å². The summed E-state index contributed by atoms with van der Waals surface area (Å²) >= 11 is 8.27. The molecular weight excluding hydrogens is 496 g/mol. The number of amidine groups is 1. The maximum absolute atomic E-state index is 12.4. The van der Waals surface area contributed by atoms with E-state index in [9.17, 15) is 4.79 Å². The SMILES string of the molecule is CCOc1c(Br)cc(Br)cc1/C=C1\SC(=Nc2ccc(OC)cc2)NC1=O. The number of nitrogens with zero attached hydrogens (tertiary/aromatic N) is 1. The van der Waals surface area contributed by atoms with E-state index in [1.807, 2.05) is 43.3 Å². The predicted molar refractivity (Wildman–Crippen MR) is 117 cm³/mol. The highest BCUT2D eigenvalue weighted by Crippen LogP contribution is 2.37. The van der Waals surface area contributed by atoms with Gasteiger partial charge < -0.3 is 14.8 Å². The highest BCUT2D eigenvalue weighted by molar-refractivity contribution is 9.11. The average molecular weight is 512 g/mol. The zero-order chi connectivity index (χ0) is 19.4. The van der Waals surface area contributed by atoms with Crippen molar-refractivity contribution in [3.8, 4) is 11.5 Å². The van der Waals surface area contributed by atoms with Crippen molar-refractivity contribution >= 4 is 66.5 Å². The monoisotopic (exact) mass is 510 g/mol. The van der Waals surface area contributed by atoms with Crippen molar-refractivity contribution in [2.24, 2.45) is 4.99 Å². The molecule has 0 saturated carbocycles. The van der Waals surface area contributed by atoms with Crippen LogP contribution >= 0.6 is 43.6 Å². The smallest absolute Gasteiger partial charge is 0.264 e. The Morgan fingerprint density at radius 2 is 1.96 bits per heavy atom. The highest BCUT2D eigenvalue weighted by atomic mass is 79.9. The topological polar surface area (TPSA) is 59.9 Å². The molecule has 0 atom stereocenters. The zero-order valence-corrected chi connectivity index (χ0v) is 18.6. The highest BCUT2D eigenvalue weighted by Gasteiger charge is 2.24. The third-order valence-corrected chi connectivity index (χ3v) is 5.52. The fourth-order valence-corrected chi connectivity index (χ4v) is 4.59. The van der Waals surface area contributed by atoms with Crippen LogP contribution in [0.25, 0.3) is 6.08 Å². The van der Waals surface area contributed by atoms with Crippen LogP contribution in [0.5, 0.6) is 11.5 Å². The van der Waals surface area contributed by atoms with Crippen LogP contribution in [0.2, 0.25) is 0 Å². The fraction of sp³-hybridized carbons (Fsp3) is 0.158. The number of benzene rings is 2. The Morgan fingerprint density at radius 3 is 2.63 bits per heavy atom. The number of nitrogens with one attached hydrogen (secondary N) is 1. The summed E-state index contributed by atoms with van der Waals surface area (Å²) in [5.41, 5.74) is 1.54. The van der Waals surface area contributed by atoms with Gasteiger partial charge in [0, 0.05) is 10.0 Å². The first kappa shape index (κ1) is 20.0. The number of aliphatic imine (C=N–C) groups is 1. The number of hydrogen-bond donors (Lipinski definition) is 1. The second-order valence-electron chi connectivity index (χ2n) is 5.42. The molecule has 0 radical (unpaired) electrons. The Bertz CT molecular complexity index is 927. The summed E-state index contributed by atoms with van der Waals surface area (Å²) in [4.78, 5) is 17.4. The molecule has 2 aromatic carbocycles. The van der Waals surface area contributed by atoms with E-state index in [1.54, 1.807) is 13.2 Å². The number of hydrogen-bond acceptors (Lipinski definition) is 5. The normalized spacial score (nSPS) is 16.7. The summed E-state index contributed by atoms with van der Waals surface area (Å²) in [6, 6.07) is 11.1. The molecule has 5 nitrogen and oxygen atoms in total. The average Bonchev–Trinajstić information content (AvgIpc) is 2.97. The molecule has 1 amide bonds. The lowest BCUT2D eigenvalue weighted by Gasteiger charge is -2.10. The van der Waals surface area contributed by atoms with Crippen LogP contribution in [-0.4, -0.2) is 24.8 Å². The molecule has 27 heavy (non-hydrogen) atoms. The van der Waals surface area contributed by atoms with E-state index in [2.05, 4.69) is 42.2 Å². The molecule has 0 unspecified atom stereocenters. The van der Waals surface area contributed by atoms with Gasteiger partial charge in [0.2, 0.25) is 0 Å². The van der Waals surface area contributed by atoms with Crippen LogP contribution < -0.4 is 14.8 Å². The molecule has 0 bridgehead atoms. The number of methoxy groups -OCH3 is 1. The van der Waals surface area contributed by atoms with Gasteiger partial charge in [-0.25, -0.2) is 4.99 Å². The Kier molecular flexibility index (Phi) is 6.62. The maximum Gasteiger partial charge on any atom is 0.264 e. The van der Waals surface area contributed by atoms with Gasteiger partial charge in [-0.2, -0.15) is 0 Å². The molecule has 8 heteroatoms. The lowest BCUT2D eigenvalue weighted by atomic mass is 10.2. The third-order valence-electron chi connectivity index (χ3n) is 3.57. The number of halogens is 2. The molecule has 1 aliphatic rings. The Labute approximate surface area is 178 Å². The fourth-order valence-electron chi connectivity index (χ4n) is 2.38. The minimum Gasteiger partial charge on any atom is -0.497 e. The molecule has 140 valence electrons. The molecule has 1 N–H and O–H groups in total. The Hall–Kier alpha value is -1.77. The van der Waals surface area contributed by atoms with E-state index in [0.29, 0.717) is 22.4 Å². The number of carbonyl (C=O) groups excluding carboxylic acids is 1. The Balaban J connectivity index is 1.88. The van der Waals surface area contributed by atoms with Crippen molar-refractivity contribution in [2.45, 2.75) is 6.92 Å². The molecule has 1 heterocycles. The second-order valence-corrected chi connectivity index (χ2v) is 8.22. The van der Waals surface area contributed by atoms with Crippen LogP contribution in [0.4, 0.5) is 5.69 Å². The second kappa shape index (κ2) is 8.95. The van der Waals surface area contributed by atoms with Gasteiger partial charge in [0.05, 0.1) is 28.8 Å². The molecule has 1 fully saturated rings. The lowest BCUT2D eigenvalue weighted by Crippen LogP contribution is -2.19. The number of thioether (sulfide) groups is 1. The number of carbonyl (C=O) groups is 1. The minimum absolute atomic E-state index is 0.189. The van der Waals surface area contributed by atoms with Crippen LogP contribution in [0, 0.1) is 0 Å². The van der Waals surface area contributed by atoms with Crippen LogP contribution in [0.1, 0.15) is 12.5 Å². The van der Waals surface area contributed by atoms with Gasteiger partial charge in [-0.1, -0.05) is 15.9 Å². The first-order valence-corrected chi connectivity index (χ1v) is 10.5. The first-order chi connectivity index (χ1) is 13.0. The summed E-state index contributed by atoms with van der Waals surface area (Å²) in [5.74, 6) is 1.26. The predicted octanol–water partition coefficient (Wildman–Crippen LogP) is 5.51. The van der Waals surface area contributed by atoms with E-state index in [1.165, 1.54) is 11.8 Å². The summed E-state index contributed by atoms with van der Waals surface area (Å²) in [7, 11) is 1.61. The van der Waals surface area contributed by atoms with Gasteiger partial charge in [-0.05, 0) is 77.1 Å². The molecule has 2 aromatic rings. The Morgan fingerprint density at radius 1 is 1.22 bits per heavy atom. The van der Waals surface area contributed by atoms with Gasteiger partial charge in [0.1, 0.15) is 11.5 Å². The molecule has 0 aromatic heterocycles. The largest absolute Gasteiger partial charge is 0.497 e. The van der Waals surface area contributed by atoms with E-state index < -0.39 is 0 Å². The summed E-state index contributed by atoms with van der Waals surface area (Å²) in [6.07, 6.45) is 1.80. The number of ether oxygens (including phenoxy) is 2. The van der Waals surface area contributed by atoms with E-state index in [4.69, 9.17) is 9.47 Å². The molecule has 1 saturated heterocycles. The lowest BCUT2D eigenvalue weighted by molar-refractivity contribution is -0.115. The van der Waals surface area contributed by atoms with Crippen molar-refractivity contribution < 1.29 is 14.3 Å². The summed E-state index contributed by atoms with van der Waals surface area (Å²) < 4.78 is 12.6. The summed E-state index contributed by atoms with van der Waals surface area (Å²) in [5, 5.41) is 3.32. The molecule has 0 aliphatic carbocycles. The molecule has 0 spiro atoms. The maximum atomic E-state index is 12.4. The molecule has 1 aliphatic heterocycles. The molecular formula is C19H16Br2N2O3S. The van der Waals surface area contributed by atoms with Crippen molar-refractivity contribution in [3.05, 3.63) is 55.8 Å². The van der Waals surface area contributed by atoms with Crippen LogP contribution in [0.15, 0.2) is 55.2 Å². The van der Waals surface area contributed by atoms with Crippen molar-refractivity contribution in [1.82, 2.24) is 5.32 Å². The zero-order valence-electron chi connectivity index (χ0n) is 14.6. The van der Waals surface area contributed by atoms with Crippen molar-refractivity contribution in [1.29, 1.82) is 0 Å². The van der Waals surface area contributed by atoms with Gasteiger partial charge in [-0.3, -0.25) is 4.79 Å². The van der Waals surface area contributed by atoms with Gasteiger partial charge in [-0.15, -0.1) is 0 Å². The quantitative estimate of drug-likeness (QED) is 0.537. The minimum atomic E-state index is -0.189.